The van der Waals surface area contributed by atoms with Crippen LogP contribution in [0.5, 0.6) is 0 Å². The van der Waals surface area contributed by atoms with Gasteiger partial charge in [-0.2, -0.15) is 15.4 Å². The fraction of sp³-hybridized carbons (Fsp3) is 0.133. The van der Waals surface area contributed by atoms with Crippen LogP contribution < -0.4 is 5.32 Å². The van der Waals surface area contributed by atoms with E-state index in [-0.39, 0.29) is 18.0 Å². The van der Waals surface area contributed by atoms with E-state index in [9.17, 15) is 9.59 Å². The molecule has 0 saturated carbocycles. The predicted molar refractivity (Wildman–Crippen MR) is 85.3 cm³/mol. The van der Waals surface area contributed by atoms with E-state index in [1.54, 1.807) is 5.38 Å². The Hall–Kier alpha value is -2.87. The van der Waals surface area contributed by atoms with Crippen molar-refractivity contribution in [2.75, 3.05) is 6.54 Å². The Morgan fingerprint density at radius 1 is 1.22 bits per heavy atom. The lowest BCUT2D eigenvalue weighted by Crippen LogP contribution is -2.30. The van der Waals surface area contributed by atoms with Gasteiger partial charge in [0, 0.05) is 10.9 Å². The van der Waals surface area contributed by atoms with Crippen molar-refractivity contribution in [1.82, 2.24) is 25.7 Å². The topological polar surface area (TPSA) is 101 Å². The molecule has 0 bridgehead atoms. The molecule has 23 heavy (non-hydrogen) atoms. The van der Waals surface area contributed by atoms with Crippen LogP contribution >= 0.6 is 11.3 Å². The van der Waals surface area contributed by atoms with Gasteiger partial charge in [-0.15, -0.1) is 11.3 Å². The van der Waals surface area contributed by atoms with E-state index in [2.05, 4.69) is 25.7 Å². The average molecular weight is 327 g/mol. The number of nitrogens with zero attached hydrogens (tertiary/aromatic N) is 3. The first kappa shape index (κ1) is 15.0. The molecule has 0 aliphatic heterocycles. The van der Waals surface area contributed by atoms with Crippen LogP contribution in [0.2, 0.25) is 0 Å². The molecule has 2 aromatic heterocycles. The summed E-state index contributed by atoms with van der Waals surface area (Å²) in [6, 6.07) is 9.23. The second-order valence-electron chi connectivity index (χ2n) is 4.74. The van der Waals surface area contributed by atoms with Crippen LogP contribution in [0.1, 0.15) is 26.0 Å². The normalized spacial score (nSPS) is 10.5. The molecule has 0 aliphatic rings. The van der Waals surface area contributed by atoms with Crippen molar-refractivity contribution in [2.24, 2.45) is 0 Å². The van der Waals surface area contributed by atoms with Gasteiger partial charge in [0.2, 0.25) is 5.78 Å². The molecular weight excluding hydrogens is 314 g/mol. The minimum Gasteiger partial charge on any atom is -0.343 e. The number of hydrogen-bond donors (Lipinski definition) is 2. The molecule has 0 unspecified atom stereocenters. The van der Waals surface area contributed by atoms with Crippen LogP contribution in [0.25, 0.3) is 11.3 Å². The Kier molecular flexibility index (Phi) is 4.24. The summed E-state index contributed by atoms with van der Waals surface area (Å²) >= 11 is 1.39. The molecule has 3 aromatic rings. The Morgan fingerprint density at radius 3 is 2.70 bits per heavy atom. The first-order valence-corrected chi connectivity index (χ1v) is 7.73. The summed E-state index contributed by atoms with van der Waals surface area (Å²) in [7, 11) is 0. The van der Waals surface area contributed by atoms with Crippen LogP contribution in [-0.4, -0.2) is 38.6 Å². The molecular formula is C15H13N5O2S. The Morgan fingerprint density at radius 2 is 2.00 bits per heavy atom. The van der Waals surface area contributed by atoms with Crippen molar-refractivity contribution < 1.29 is 9.59 Å². The average Bonchev–Trinajstić information content (AvgIpc) is 3.22. The molecule has 116 valence electrons. The number of amides is 1. The van der Waals surface area contributed by atoms with Crippen molar-refractivity contribution in [3.8, 4) is 11.3 Å². The lowest BCUT2D eigenvalue weighted by atomic mass is 10.1. The molecule has 2 N–H and O–H groups in total. The lowest BCUT2D eigenvalue weighted by Gasteiger charge is -2.03. The molecule has 0 aliphatic carbocycles. The van der Waals surface area contributed by atoms with Gasteiger partial charge in [-0.25, -0.2) is 4.98 Å². The first-order valence-electron chi connectivity index (χ1n) is 6.85. The fourth-order valence-corrected chi connectivity index (χ4v) is 2.63. The Balaban J connectivity index is 1.70. The van der Waals surface area contributed by atoms with Gasteiger partial charge in [0.15, 0.2) is 5.69 Å². The van der Waals surface area contributed by atoms with Crippen LogP contribution in [0.4, 0.5) is 0 Å². The van der Waals surface area contributed by atoms with E-state index >= 15 is 0 Å². The monoisotopic (exact) mass is 327 g/mol. The van der Waals surface area contributed by atoms with Gasteiger partial charge in [0.1, 0.15) is 11.4 Å². The number of Topliss-reactive ketones (excluding diaryl/α,β-unsaturated/α-hetero) is 1. The number of thiazole rings is 1. The summed E-state index contributed by atoms with van der Waals surface area (Å²) in [6.07, 6.45) is 0. The van der Waals surface area contributed by atoms with Crippen LogP contribution in [0.3, 0.4) is 0 Å². The summed E-state index contributed by atoms with van der Waals surface area (Å²) in [4.78, 5) is 28.3. The number of carbonyl (C=O) groups is 2. The van der Waals surface area contributed by atoms with Crippen LogP contribution in [0, 0.1) is 6.92 Å². The van der Waals surface area contributed by atoms with Gasteiger partial charge in [0.05, 0.1) is 11.6 Å². The SMILES string of the molecule is Cc1nc(C(=O)CNC(=O)c2n[nH]nc2-c2ccccc2)cs1. The third-order valence-corrected chi connectivity index (χ3v) is 3.90. The number of H-pyrrole nitrogens is 1. The number of carbonyl (C=O) groups excluding carboxylic acids is 2. The van der Waals surface area contributed by atoms with Crippen molar-refractivity contribution in [1.29, 1.82) is 0 Å². The Labute approximate surface area is 135 Å². The molecule has 1 aromatic carbocycles. The number of aryl methyl sites for hydroxylation is 1. The number of benzene rings is 1. The van der Waals surface area contributed by atoms with E-state index < -0.39 is 5.91 Å². The summed E-state index contributed by atoms with van der Waals surface area (Å²) in [6.45, 7) is 1.69. The quantitative estimate of drug-likeness (QED) is 0.697. The summed E-state index contributed by atoms with van der Waals surface area (Å²) in [5.74, 6) is -0.703. The number of ketones is 1. The number of aromatic amines is 1. The highest BCUT2D eigenvalue weighted by Gasteiger charge is 2.19. The maximum absolute atomic E-state index is 12.2. The minimum atomic E-state index is -0.460. The van der Waals surface area contributed by atoms with E-state index in [1.807, 2.05) is 37.3 Å². The predicted octanol–water partition coefficient (Wildman–Crippen LogP) is 1.85. The molecule has 0 radical (unpaired) electrons. The largest absolute Gasteiger partial charge is 0.343 e. The van der Waals surface area contributed by atoms with Crippen molar-refractivity contribution in [3.63, 3.8) is 0 Å². The summed E-state index contributed by atoms with van der Waals surface area (Å²) in [5.41, 5.74) is 1.72. The zero-order chi connectivity index (χ0) is 16.2. The first-order chi connectivity index (χ1) is 11.1. The number of rotatable bonds is 5. The van der Waals surface area contributed by atoms with Crippen LogP contribution in [0.15, 0.2) is 35.7 Å². The van der Waals surface area contributed by atoms with Gasteiger partial charge < -0.3 is 5.32 Å². The molecule has 0 atom stereocenters. The number of nitrogens with one attached hydrogen (secondary N) is 2. The zero-order valence-corrected chi connectivity index (χ0v) is 13.1. The van der Waals surface area contributed by atoms with Gasteiger partial charge in [-0.3, -0.25) is 9.59 Å². The lowest BCUT2D eigenvalue weighted by molar-refractivity contribution is 0.0899. The van der Waals surface area contributed by atoms with E-state index in [0.29, 0.717) is 11.4 Å². The molecule has 0 fully saturated rings. The third-order valence-electron chi connectivity index (χ3n) is 3.12. The second kappa shape index (κ2) is 6.49. The number of hydrogen-bond acceptors (Lipinski definition) is 6. The fourth-order valence-electron chi connectivity index (χ4n) is 2.01. The van der Waals surface area contributed by atoms with Gasteiger partial charge >= 0.3 is 0 Å². The van der Waals surface area contributed by atoms with E-state index in [1.165, 1.54) is 11.3 Å². The summed E-state index contributed by atoms with van der Waals surface area (Å²) < 4.78 is 0. The van der Waals surface area contributed by atoms with Crippen molar-refractivity contribution in [2.45, 2.75) is 6.92 Å². The molecule has 1 amide bonds. The molecule has 3 rings (SSSR count). The minimum absolute atomic E-state index is 0.136. The molecule has 0 saturated heterocycles. The standard InChI is InChI=1S/C15H13N5O2S/c1-9-17-11(8-23-9)12(21)7-16-15(22)14-13(18-20-19-14)10-5-3-2-4-6-10/h2-6,8H,7H2,1H3,(H,16,22)(H,18,19,20). The van der Waals surface area contributed by atoms with Crippen molar-refractivity contribution in [3.05, 3.63) is 52.1 Å². The molecule has 8 heteroatoms. The Bertz CT molecular complexity index is 840. The summed E-state index contributed by atoms with van der Waals surface area (Å²) in [5, 5.41) is 15.4. The maximum atomic E-state index is 12.2. The second-order valence-corrected chi connectivity index (χ2v) is 5.81. The molecule has 2 heterocycles. The highest BCUT2D eigenvalue weighted by atomic mass is 32.1. The van der Waals surface area contributed by atoms with E-state index in [4.69, 9.17) is 0 Å². The highest BCUT2D eigenvalue weighted by molar-refractivity contribution is 7.09. The maximum Gasteiger partial charge on any atom is 0.274 e. The van der Waals surface area contributed by atoms with Gasteiger partial charge in [-0.1, -0.05) is 30.3 Å². The van der Waals surface area contributed by atoms with Crippen LogP contribution in [-0.2, 0) is 0 Å². The molecule has 7 nitrogen and oxygen atoms in total. The zero-order valence-electron chi connectivity index (χ0n) is 12.2. The van der Waals surface area contributed by atoms with Gasteiger partial charge in [0.25, 0.3) is 5.91 Å². The van der Waals surface area contributed by atoms with Gasteiger partial charge in [-0.05, 0) is 6.92 Å². The smallest absolute Gasteiger partial charge is 0.274 e. The third kappa shape index (κ3) is 3.32. The number of aromatic nitrogens is 4. The van der Waals surface area contributed by atoms with E-state index in [0.717, 1.165) is 10.6 Å². The molecule has 0 spiro atoms. The highest BCUT2D eigenvalue weighted by Crippen LogP contribution is 2.18. The van der Waals surface area contributed by atoms with Crippen molar-refractivity contribution >= 4 is 23.0 Å².